The lowest BCUT2D eigenvalue weighted by Gasteiger charge is -2.40. The van der Waals surface area contributed by atoms with Gasteiger partial charge < -0.3 is 10.6 Å². The Morgan fingerprint density at radius 1 is 1.12 bits per heavy atom. The second-order valence-electron chi connectivity index (χ2n) is 9.41. The molecule has 2 aliphatic heterocycles. The van der Waals surface area contributed by atoms with Crippen molar-refractivity contribution in [2.24, 2.45) is 5.73 Å². The van der Waals surface area contributed by atoms with Crippen LogP contribution in [0.15, 0.2) is 48.8 Å². The van der Waals surface area contributed by atoms with Crippen LogP contribution < -0.4 is 5.73 Å². The molecule has 2 fully saturated rings. The number of aromatic nitrogens is 2. The van der Waals surface area contributed by atoms with E-state index in [4.69, 9.17) is 5.73 Å². The molecule has 1 saturated carbocycles. The zero-order valence-corrected chi connectivity index (χ0v) is 19.9. The number of hydrogen-bond donors (Lipinski definition) is 1. The average Bonchev–Trinajstić information content (AvgIpc) is 3.29. The summed E-state index contributed by atoms with van der Waals surface area (Å²) in [7, 11) is 0. The molecule has 0 radical (unpaired) electrons. The minimum atomic E-state index is -2.43. The fraction of sp³-hybridized carbons (Fsp3) is 0.538. The Morgan fingerprint density at radius 2 is 1.85 bits per heavy atom. The van der Waals surface area contributed by atoms with Gasteiger partial charge in [0.05, 0.1) is 17.8 Å². The van der Waals surface area contributed by atoms with Gasteiger partial charge in [-0.1, -0.05) is 31.2 Å². The van der Waals surface area contributed by atoms with E-state index >= 15 is 0 Å². The van der Waals surface area contributed by atoms with E-state index in [1.54, 1.807) is 12.3 Å². The Labute approximate surface area is 200 Å². The van der Waals surface area contributed by atoms with Crippen molar-refractivity contribution in [3.63, 3.8) is 0 Å². The number of amides is 2. The summed E-state index contributed by atoms with van der Waals surface area (Å²) in [6, 6.07) is 6.83. The highest BCUT2D eigenvalue weighted by molar-refractivity contribution is 5.82. The number of nitrogens with two attached hydrogens (primary N) is 1. The van der Waals surface area contributed by atoms with Crippen LogP contribution >= 0.6 is 0 Å². The van der Waals surface area contributed by atoms with E-state index in [0.717, 1.165) is 32.4 Å². The molecule has 1 aromatic heterocycles. The number of nitrogens with zero attached hydrogens (tertiary/aromatic N) is 4. The summed E-state index contributed by atoms with van der Waals surface area (Å²) < 4.78 is 28.9. The van der Waals surface area contributed by atoms with Crippen LogP contribution in [0.3, 0.4) is 0 Å². The zero-order chi connectivity index (χ0) is 24.1. The lowest BCUT2D eigenvalue weighted by Crippen LogP contribution is -2.45. The number of carbonyl (C=O) groups excluding carboxylic acids is 1. The topological polar surface area (TPSA) is 67.4 Å². The molecule has 2 amide bonds. The molecule has 0 unspecified atom stereocenters. The highest BCUT2D eigenvalue weighted by atomic mass is 19.3. The number of benzene rings is 1. The first-order chi connectivity index (χ1) is 16.4. The highest BCUT2D eigenvalue weighted by Crippen LogP contribution is 2.37. The molecule has 3 heterocycles. The molecule has 0 atom stereocenters. The predicted octanol–water partition coefficient (Wildman–Crippen LogP) is 5.26. The van der Waals surface area contributed by atoms with Crippen molar-refractivity contribution in [2.45, 2.75) is 69.9 Å². The maximum Gasteiger partial charge on any atom is 0.319 e. The van der Waals surface area contributed by atoms with Gasteiger partial charge in [0.15, 0.2) is 0 Å². The maximum absolute atomic E-state index is 13.4. The van der Waals surface area contributed by atoms with Gasteiger partial charge in [-0.2, -0.15) is 5.10 Å². The number of allylic oxidation sites excluding steroid dienone is 2. The number of rotatable bonds is 3. The number of fused-ring (bicyclic) bond motifs is 1. The van der Waals surface area contributed by atoms with E-state index in [1.165, 1.54) is 21.4 Å². The van der Waals surface area contributed by atoms with Crippen LogP contribution in [0.4, 0.5) is 13.6 Å². The second kappa shape index (κ2) is 10.7. The van der Waals surface area contributed by atoms with Crippen LogP contribution in [-0.2, 0) is 6.42 Å². The molecule has 0 bridgehead atoms. The SMILES string of the molecule is CCc1cccc2c1cnn2C1CCN(C2CCC(F)(F)CC2)CC1.NC(=O)N1C=CC=CC1. The van der Waals surface area contributed by atoms with E-state index in [2.05, 4.69) is 39.8 Å². The standard InChI is InChI=1S/C20H27F2N3.C6H8N2O/c1-2-15-4-3-5-19-18(15)14-23-25(19)17-8-12-24(13-9-17)16-6-10-20(21,22)11-7-16;7-6(9)8-4-2-1-3-5-8/h3-5,14,16-17H,2,6-13H2,1H3;1-4H,5H2,(H2,7,9). The molecular weight excluding hydrogens is 436 g/mol. The minimum Gasteiger partial charge on any atom is -0.351 e. The maximum atomic E-state index is 13.4. The van der Waals surface area contributed by atoms with Gasteiger partial charge in [-0.15, -0.1) is 0 Å². The summed E-state index contributed by atoms with van der Waals surface area (Å²) in [5.41, 5.74) is 7.55. The van der Waals surface area contributed by atoms with Crippen LogP contribution in [0.1, 0.15) is 57.1 Å². The number of urea groups is 1. The van der Waals surface area contributed by atoms with Crippen molar-refractivity contribution in [1.29, 1.82) is 0 Å². The lowest BCUT2D eigenvalue weighted by molar-refractivity contribution is -0.0566. The summed E-state index contributed by atoms with van der Waals surface area (Å²) in [4.78, 5) is 14.3. The Bertz CT molecular complexity index is 1030. The molecule has 2 aromatic rings. The Kier molecular flexibility index (Phi) is 7.66. The average molecular weight is 472 g/mol. The molecule has 5 rings (SSSR count). The first kappa shape index (κ1) is 24.4. The molecule has 8 heteroatoms. The molecular formula is C26H35F2N5O. The predicted molar refractivity (Wildman–Crippen MR) is 131 cm³/mol. The Hall–Kier alpha value is -2.74. The largest absolute Gasteiger partial charge is 0.351 e. The normalized spacial score (nSPS) is 21.4. The van der Waals surface area contributed by atoms with Gasteiger partial charge in [0, 0.05) is 50.1 Å². The molecule has 0 spiro atoms. The van der Waals surface area contributed by atoms with E-state index in [-0.39, 0.29) is 12.8 Å². The molecule has 6 nitrogen and oxygen atoms in total. The van der Waals surface area contributed by atoms with Crippen molar-refractivity contribution in [3.05, 3.63) is 54.4 Å². The van der Waals surface area contributed by atoms with Gasteiger partial charge in [-0.25, -0.2) is 13.6 Å². The monoisotopic (exact) mass is 471 g/mol. The van der Waals surface area contributed by atoms with Gasteiger partial charge in [0.25, 0.3) is 0 Å². The van der Waals surface area contributed by atoms with Crippen molar-refractivity contribution < 1.29 is 13.6 Å². The molecule has 1 saturated heterocycles. The molecule has 1 aromatic carbocycles. The number of halogens is 2. The van der Waals surface area contributed by atoms with Crippen LogP contribution in [0, 0.1) is 0 Å². The van der Waals surface area contributed by atoms with Crippen LogP contribution in [0.25, 0.3) is 10.9 Å². The number of aryl methyl sites for hydroxylation is 1. The Morgan fingerprint density at radius 3 is 2.44 bits per heavy atom. The van der Waals surface area contributed by atoms with Gasteiger partial charge in [0.1, 0.15) is 0 Å². The fourth-order valence-electron chi connectivity index (χ4n) is 5.25. The van der Waals surface area contributed by atoms with Crippen molar-refractivity contribution in [1.82, 2.24) is 19.6 Å². The van der Waals surface area contributed by atoms with E-state index in [0.29, 0.717) is 31.5 Å². The van der Waals surface area contributed by atoms with Gasteiger partial charge in [0.2, 0.25) is 5.92 Å². The summed E-state index contributed by atoms with van der Waals surface area (Å²) in [5, 5.41) is 5.95. The smallest absolute Gasteiger partial charge is 0.319 e. The van der Waals surface area contributed by atoms with E-state index in [1.807, 2.05) is 18.3 Å². The summed E-state index contributed by atoms with van der Waals surface area (Å²) in [5.74, 6) is -2.43. The Balaban J connectivity index is 0.000000257. The number of piperidine rings is 1. The number of carbonyl (C=O) groups is 1. The van der Waals surface area contributed by atoms with Crippen LogP contribution in [0.2, 0.25) is 0 Å². The first-order valence-electron chi connectivity index (χ1n) is 12.3. The summed E-state index contributed by atoms with van der Waals surface area (Å²) >= 11 is 0. The van der Waals surface area contributed by atoms with E-state index in [9.17, 15) is 13.6 Å². The third-order valence-electron chi connectivity index (χ3n) is 7.26. The number of primary amides is 1. The molecule has 2 N–H and O–H groups in total. The van der Waals surface area contributed by atoms with Gasteiger partial charge in [-0.3, -0.25) is 9.58 Å². The van der Waals surface area contributed by atoms with Crippen LogP contribution in [-0.4, -0.2) is 57.2 Å². The summed E-state index contributed by atoms with van der Waals surface area (Å²) in [6.45, 7) is 4.76. The first-order valence-corrected chi connectivity index (χ1v) is 12.3. The molecule has 184 valence electrons. The van der Waals surface area contributed by atoms with Crippen LogP contribution in [0.5, 0.6) is 0 Å². The zero-order valence-electron chi connectivity index (χ0n) is 19.9. The third kappa shape index (κ3) is 5.66. The third-order valence-corrected chi connectivity index (χ3v) is 7.26. The number of alkyl halides is 2. The molecule has 1 aliphatic carbocycles. The highest BCUT2D eigenvalue weighted by Gasteiger charge is 2.37. The number of hydrogen-bond acceptors (Lipinski definition) is 3. The van der Waals surface area contributed by atoms with Crippen molar-refractivity contribution in [2.75, 3.05) is 19.6 Å². The fourth-order valence-corrected chi connectivity index (χ4v) is 5.25. The van der Waals surface area contributed by atoms with Gasteiger partial charge in [-0.05, 0) is 49.8 Å². The molecule has 34 heavy (non-hydrogen) atoms. The quantitative estimate of drug-likeness (QED) is 0.664. The van der Waals surface area contributed by atoms with Gasteiger partial charge >= 0.3 is 6.03 Å². The second-order valence-corrected chi connectivity index (χ2v) is 9.41. The van der Waals surface area contributed by atoms with Crippen molar-refractivity contribution in [3.8, 4) is 0 Å². The number of likely N-dealkylation sites (tertiary alicyclic amines) is 1. The minimum absolute atomic E-state index is 0.0567. The van der Waals surface area contributed by atoms with E-state index < -0.39 is 12.0 Å². The van der Waals surface area contributed by atoms with Crippen molar-refractivity contribution >= 4 is 16.9 Å². The summed E-state index contributed by atoms with van der Waals surface area (Å²) in [6.07, 6.45) is 13.7. The lowest BCUT2D eigenvalue weighted by atomic mass is 9.89. The molecule has 3 aliphatic rings.